The molecule has 2 fully saturated rings. The van der Waals surface area contributed by atoms with E-state index in [-0.39, 0.29) is 17.9 Å². The summed E-state index contributed by atoms with van der Waals surface area (Å²) >= 11 is 0. The van der Waals surface area contributed by atoms with Crippen molar-refractivity contribution in [1.82, 2.24) is 10.2 Å². The molecule has 2 rings (SSSR count). The van der Waals surface area contributed by atoms with E-state index in [4.69, 9.17) is 4.74 Å². The van der Waals surface area contributed by atoms with Crippen molar-refractivity contribution in [1.29, 1.82) is 0 Å². The summed E-state index contributed by atoms with van der Waals surface area (Å²) < 4.78 is 4.95. The Bertz CT molecular complexity index is 372. The van der Waals surface area contributed by atoms with Gasteiger partial charge in [-0.15, -0.1) is 0 Å². The Morgan fingerprint density at radius 2 is 1.74 bits per heavy atom. The van der Waals surface area contributed by atoms with Gasteiger partial charge in [-0.3, -0.25) is 9.59 Å². The summed E-state index contributed by atoms with van der Waals surface area (Å²) in [7, 11) is 1.61. The first-order valence-corrected chi connectivity index (χ1v) is 9.25. The highest BCUT2D eigenvalue weighted by molar-refractivity contribution is 5.77. The lowest BCUT2D eigenvalue weighted by Gasteiger charge is -2.32. The number of likely N-dealkylation sites (tertiary alicyclic amines) is 1. The maximum Gasteiger partial charge on any atom is 0.224 e. The summed E-state index contributed by atoms with van der Waals surface area (Å²) in [6.07, 6.45) is 10.5. The van der Waals surface area contributed by atoms with Gasteiger partial charge in [0, 0.05) is 32.7 Å². The predicted molar refractivity (Wildman–Crippen MR) is 90.0 cm³/mol. The zero-order valence-corrected chi connectivity index (χ0v) is 14.5. The van der Waals surface area contributed by atoms with E-state index in [2.05, 4.69) is 5.32 Å². The van der Waals surface area contributed by atoms with Crippen LogP contribution in [0.1, 0.15) is 64.2 Å². The third-order valence-corrected chi connectivity index (χ3v) is 5.24. The van der Waals surface area contributed by atoms with Gasteiger partial charge in [0.15, 0.2) is 0 Å². The summed E-state index contributed by atoms with van der Waals surface area (Å²) in [4.78, 5) is 25.9. The lowest BCUT2D eigenvalue weighted by Crippen LogP contribution is -2.46. The van der Waals surface area contributed by atoms with E-state index >= 15 is 0 Å². The molecule has 1 aliphatic heterocycles. The number of methoxy groups -OCH3 is 1. The Kier molecular flexibility index (Phi) is 7.86. The van der Waals surface area contributed by atoms with E-state index in [0.29, 0.717) is 19.4 Å². The van der Waals surface area contributed by atoms with Crippen LogP contribution in [-0.2, 0) is 14.3 Å². The van der Waals surface area contributed by atoms with Crippen molar-refractivity contribution >= 4 is 11.8 Å². The molecule has 1 saturated carbocycles. The van der Waals surface area contributed by atoms with Crippen molar-refractivity contribution in [3.8, 4) is 0 Å². The molecule has 0 bridgehead atoms. The molecule has 0 aromatic carbocycles. The minimum absolute atomic E-state index is 0.161. The Morgan fingerprint density at radius 1 is 1.04 bits per heavy atom. The summed E-state index contributed by atoms with van der Waals surface area (Å²) in [5, 5.41) is 3.16. The summed E-state index contributed by atoms with van der Waals surface area (Å²) in [6.45, 7) is 1.98. The Hall–Kier alpha value is -1.10. The molecule has 0 atom stereocenters. The van der Waals surface area contributed by atoms with Gasteiger partial charge in [-0.25, -0.2) is 0 Å². The normalized spacial score (nSPS) is 20.5. The summed E-state index contributed by atoms with van der Waals surface area (Å²) in [6, 6.07) is 0.236. The standard InChI is InChI=1S/C18H32N2O3/c1-23-14-11-18(22)20-12-9-16(10-13-20)19-17(21)8-7-15-5-3-2-4-6-15/h15-16H,2-14H2,1H3,(H,19,21). The zero-order valence-electron chi connectivity index (χ0n) is 14.5. The minimum Gasteiger partial charge on any atom is -0.384 e. The molecule has 0 aromatic rings. The highest BCUT2D eigenvalue weighted by atomic mass is 16.5. The molecule has 132 valence electrons. The number of amides is 2. The number of nitrogens with zero attached hydrogens (tertiary/aromatic N) is 1. The molecule has 1 N–H and O–H groups in total. The molecular weight excluding hydrogens is 292 g/mol. The van der Waals surface area contributed by atoms with Gasteiger partial charge >= 0.3 is 0 Å². The third-order valence-electron chi connectivity index (χ3n) is 5.24. The second kappa shape index (κ2) is 9.91. The van der Waals surface area contributed by atoms with Crippen molar-refractivity contribution in [2.75, 3.05) is 26.8 Å². The highest BCUT2D eigenvalue weighted by Crippen LogP contribution is 2.27. The van der Waals surface area contributed by atoms with Crippen molar-refractivity contribution in [2.45, 2.75) is 70.3 Å². The number of hydrogen-bond donors (Lipinski definition) is 1. The molecular formula is C18H32N2O3. The fraction of sp³-hybridized carbons (Fsp3) is 0.889. The number of rotatable bonds is 7. The van der Waals surface area contributed by atoms with E-state index in [1.165, 1.54) is 32.1 Å². The molecule has 0 unspecified atom stereocenters. The van der Waals surface area contributed by atoms with Crippen LogP contribution in [0.2, 0.25) is 0 Å². The molecule has 2 aliphatic rings. The monoisotopic (exact) mass is 324 g/mol. The quantitative estimate of drug-likeness (QED) is 0.783. The smallest absolute Gasteiger partial charge is 0.224 e. The van der Waals surface area contributed by atoms with E-state index in [9.17, 15) is 9.59 Å². The van der Waals surface area contributed by atoms with Crippen molar-refractivity contribution < 1.29 is 14.3 Å². The molecule has 1 heterocycles. The zero-order chi connectivity index (χ0) is 16.5. The second-order valence-corrected chi connectivity index (χ2v) is 7.01. The largest absolute Gasteiger partial charge is 0.384 e. The molecule has 1 aliphatic carbocycles. The van der Waals surface area contributed by atoms with Gasteiger partial charge in [0.1, 0.15) is 0 Å². The van der Waals surface area contributed by atoms with Crippen LogP contribution < -0.4 is 5.32 Å². The number of ether oxygens (including phenoxy) is 1. The molecule has 0 spiro atoms. The number of carbonyl (C=O) groups excluding carboxylic acids is 2. The van der Waals surface area contributed by atoms with Crippen LogP contribution in [0.25, 0.3) is 0 Å². The maximum atomic E-state index is 12.1. The first kappa shape index (κ1) is 18.2. The van der Waals surface area contributed by atoms with Gasteiger partial charge in [-0.2, -0.15) is 0 Å². The lowest BCUT2D eigenvalue weighted by atomic mass is 9.86. The Balaban J connectivity index is 1.59. The third kappa shape index (κ3) is 6.50. The molecule has 2 amide bonds. The van der Waals surface area contributed by atoms with Crippen molar-refractivity contribution in [3.05, 3.63) is 0 Å². The van der Waals surface area contributed by atoms with Crippen LogP contribution >= 0.6 is 0 Å². The number of piperidine rings is 1. The Morgan fingerprint density at radius 3 is 2.39 bits per heavy atom. The van der Waals surface area contributed by atoms with Crippen LogP contribution in [0.15, 0.2) is 0 Å². The van der Waals surface area contributed by atoms with Crippen LogP contribution in [0.3, 0.4) is 0 Å². The number of carbonyl (C=O) groups is 2. The van der Waals surface area contributed by atoms with E-state index in [0.717, 1.165) is 38.3 Å². The van der Waals surface area contributed by atoms with Gasteiger partial charge in [0.05, 0.1) is 13.0 Å². The molecule has 0 radical (unpaired) electrons. The SMILES string of the molecule is COCCC(=O)N1CCC(NC(=O)CCC2CCCCC2)CC1. The summed E-state index contributed by atoms with van der Waals surface area (Å²) in [5.74, 6) is 1.11. The average Bonchev–Trinajstić information content (AvgIpc) is 2.59. The first-order chi connectivity index (χ1) is 11.2. The molecule has 5 heteroatoms. The first-order valence-electron chi connectivity index (χ1n) is 9.25. The van der Waals surface area contributed by atoms with Crippen LogP contribution in [0.5, 0.6) is 0 Å². The van der Waals surface area contributed by atoms with Crippen molar-refractivity contribution in [3.63, 3.8) is 0 Å². The fourth-order valence-corrected chi connectivity index (χ4v) is 3.73. The minimum atomic E-state index is 0.161. The van der Waals surface area contributed by atoms with Crippen molar-refractivity contribution in [2.24, 2.45) is 5.92 Å². The molecule has 23 heavy (non-hydrogen) atoms. The van der Waals surface area contributed by atoms with Gasteiger partial charge in [-0.05, 0) is 25.2 Å². The lowest BCUT2D eigenvalue weighted by molar-refractivity contribution is -0.133. The second-order valence-electron chi connectivity index (χ2n) is 7.01. The van der Waals surface area contributed by atoms with Crippen LogP contribution in [-0.4, -0.2) is 49.6 Å². The van der Waals surface area contributed by atoms with Crippen LogP contribution in [0, 0.1) is 5.92 Å². The van der Waals surface area contributed by atoms with E-state index in [1.54, 1.807) is 7.11 Å². The average molecular weight is 324 g/mol. The van der Waals surface area contributed by atoms with E-state index in [1.807, 2.05) is 4.90 Å². The van der Waals surface area contributed by atoms with Gasteiger partial charge in [0.2, 0.25) is 11.8 Å². The Labute approximate surface area is 140 Å². The fourth-order valence-electron chi connectivity index (χ4n) is 3.73. The molecule has 0 aromatic heterocycles. The summed E-state index contributed by atoms with van der Waals surface area (Å²) in [5.41, 5.74) is 0. The van der Waals surface area contributed by atoms with Gasteiger partial charge < -0.3 is 15.0 Å². The van der Waals surface area contributed by atoms with Gasteiger partial charge in [-0.1, -0.05) is 32.1 Å². The highest BCUT2D eigenvalue weighted by Gasteiger charge is 2.24. The maximum absolute atomic E-state index is 12.1. The van der Waals surface area contributed by atoms with E-state index < -0.39 is 0 Å². The number of nitrogens with one attached hydrogen (secondary N) is 1. The van der Waals surface area contributed by atoms with Crippen LogP contribution in [0.4, 0.5) is 0 Å². The molecule has 1 saturated heterocycles. The number of hydrogen-bond acceptors (Lipinski definition) is 3. The predicted octanol–water partition coefficient (Wildman–Crippen LogP) is 2.49. The topological polar surface area (TPSA) is 58.6 Å². The molecule has 5 nitrogen and oxygen atoms in total. The van der Waals surface area contributed by atoms with Gasteiger partial charge in [0.25, 0.3) is 0 Å².